The molecule has 2 aromatic rings. The van der Waals surface area contributed by atoms with Gasteiger partial charge in [0, 0.05) is 16.0 Å². The van der Waals surface area contributed by atoms with Crippen molar-refractivity contribution in [3.05, 3.63) is 53.3 Å². The number of hydrogen-bond acceptors (Lipinski definition) is 3. The van der Waals surface area contributed by atoms with E-state index in [0.29, 0.717) is 0 Å². The minimum Gasteiger partial charge on any atom is -0.387 e. The van der Waals surface area contributed by atoms with Crippen molar-refractivity contribution in [1.29, 1.82) is 0 Å². The molecule has 1 heterocycles. The quantitative estimate of drug-likeness (QED) is 0.922. The summed E-state index contributed by atoms with van der Waals surface area (Å²) in [4.78, 5) is 6.66. The third-order valence-electron chi connectivity index (χ3n) is 3.49. The number of fused-ring (bicyclic) bond motifs is 1. The number of aliphatic hydroxyl groups is 1. The standard InChI is InChI=1S/C16H17NOS/c1-11(18)16-8-7-15(10-17-16)19-14-6-5-12-3-2-4-13(12)9-14/h5-11,18H,2-4H2,1H3/t11-/m1/s1. The summed E-state index contributed by atoms with van der Waals surface area (Å²) in [7, 11) is 0. The summed E-state index contributed by atoms with van der Waals surface area (Å²) >= 11 is 1.73. The van der Waals surface area contributed by atoms with Gasteiger partial charge in [-0.3, -0.25) is 4.98 Å². The zero-order chi connectivity index (χ0) is 13.2. The van der Waals surface area contributed by atoms with Gasteiger partial charge in [0.15, 0.2) is 0 Å². The summed E-state index contributed by atoms with van der Waals surface area (Å²) in [5.74, 6) is 0. The summed E-state index contributed by atoms with van der Waals surface area (Å²) < 4.78 is 0. The van der Waals surface area contributed by atoms with Gasteiger partial charge in [-0.05, 0) is 61.6 Å². The third kappa shape index (κ3) is 2.82. The van der Waals surface area contributed by atoms with Gasteiger partial charge in [-0.2, -0.15) is 0 Å². The SMILES string of the molecule is C[C@@H](O)c1ccc(Sc2ccc3c(c2)CCC3)cn1. The zero-order valence-corrected chi connectivity index (χ0v) is 11.8. The zero-order valence-electron chi connectivity index (χ0n) is 11.0. The molecule has 1 aliphatic carbocycles. The maximum Gasteiger partial charge on any atom is 0.0931 e. The molecule has 0 amide bonds. The van der Waals surface area contributed by atoms with Crippen LogP contribution in [0.3, 0.4) is 0 Å². The Balaban J connectivity index is 1.77. The number of hydrogen-bond donors (Lipinski definition) is 1. The van der Waals surface area contributed by atoms with Crippen molar-refractivity contribution < 1.29 is 5.11 Å². The first-order valence-corrected chi connectivity index (χ1v) is 7.48. The second-order valence-electron chi connectivity index (χ2n) is 4.98. The largest absolute Gasteiger partial charge is 0.387 e. The first kappa shape index (κ1) is 12.7. The highest BCUT2D eigenvalue weighted by atomic mass is 32.2. The summed E-state index contributed by atoms with van der Waals surface area (Å²) in [6, 6.07) is 10.7. The summed E-state index contributed by atoms with van der Waals surface area (Å²) in [6.07, 6.45) is 5.06. The first-order valence-electron chi connectivity index (χ1n) is 6.66. The highest BCUT2D eigenvalue weighted by Gasteiger charge is 2.11. The van der Waals surface area contributed by atoms with Gasteiger partial charge in [0.1, 0.15) is 0 Å². The lowest BCUT2D eigenvalue weighted by Crippen LogP contribution is -1.94. The van der Waals surface area contributed by atoms with Gasteiger partial charge in [0.05, 0.1) is 11.8 Å². The topological polar surface area (TPSA) is 33.1 Å². The third-order valence-corrected chi connectivity index (χ3v) is 4.46. The molecule has 0 saturated heterocycles. The van der Waals surface area contributed by atoms with E-state index in [4.69, 9.17) is 0 Å². The molecule has 0 fully saturated rings. The van der Waals surface area contributed by atoms with Crippen LogP contribution in [-0.2, 0) is 12.8 Å². The summed E-state index contributed by atoms with van der Waals surface area (Å²) in [5, 5.41) is 9.44. The lowest BCUT2D eigenvalue weighted by molar-refractivity contribution is 0.194. The molecular formula is C16H17NOS. The molecule has 0 bridgehead atoms. The second-order valence-corrected chi connectivity index (χ2v) is 6.13. The molecule has 1 N–H and O–H groups in total. The number of aryl methyl sites for hydroxylation is 2. The van der Waals surface area contributed by atoms with Gasteiger partial charge in [-0.25, -0.2) is 0 Å². The van der Waals surface area contributed by atoms with Gasteiger partial charge < -0.3 is 5.11 Å². The number of aromatic nitrogens is 1. The van der Waals surface area contributed by atoms with Crippen molar-refractivity contribution in [3.63, 3.8) is 0 Å². The molecule has 0 saturated carbocycles. The van der Waals surface area contributed by atoms with Crippen LogP contribution in [0.4, 0.5) is 0 Å². The van der Waals surface area contributed by atoms with Crippen molar-refractivity contribution in [2.45, 2.75) is 42.1 Å². The fourth-order valence-corrected chi connectivity index (χ4v) is 3.30. The summed E-state index contributed by atoms with van der Waals surface area (Å²) in [6.45, 7) is 1.73. The number of rotatable bonds is 3. The van der Waals surface area contributed by atoms with Crippen LogP contribution in [0.2, 0.25) is 0 Å². The average Bonchev–Trinajstić information content (AvgIpc) is 2.87. The Morgan fingerprint density at radius 3 is 2.63 bits per heavy atom. The fraction of sp³-hybridized carbons (Fsp3) is 0.312. The van der Waals surface area contributed by atoms with Crippen LogP contribution in [0.5, 0.6) is 0 Å². The van der Waals surface area contributed by atoms with E-state index in [1.807, 2.05) is 18.3 Å². The molecule has 0 unspecified atom stereocenters. The molecule has 1 aromatic heterocycles. The molecular weight excluding hydrogens is 254 g/mol. The van der Waals surface area contributed by atoms with Crippen molar-refractivity contribution in [2.75, 3.05) is 0 Å². The molecule has 1 aliphatic rings. The van der Waals surface area contributed by atoms with Crippen LogP contribution in [-0.4, -0.2) is 10.1 Å². The van der Waals surface area contributed by atoms with Crippen LogP contribution < -0.4 is 0 Å². The highest BCUT2D eigenvalue weighted by molar-refractivity contribution is 7.99. The molecule has 0 spiro atoms. The molecule has 1 atom stereocenters. The van der Waals surface area contributed by atoms with Crippen LogP contribution in [0, 0.1) is 0 Å². The predicted molar refractivity (Wildman–Crippen MR) is 77.5 cm³/mol. The average molecular weight is 271 g/mol. The van der Waals surface area contributed by atoms with Gasteiger partial charge in [-0.15, -0.1) is 0 Å². The van der Waals surface area contributed by atoms with E-state index in [1.165, 1.54) is 35.3 Å². The molecule has 2 nitrogen and oxygen atoms in total. The maximum absolute atomic E-state index is 9.44. The number of aliphatic hydroxyl groups excluding tert-OH is 1. The van der Waals surface area contributed by atoms with Gasteiger partial charge >= 0.3 is 0 Å². The van der Waals surface area contributed by atoms with Gasteiger partial charge in [0.2, 0.25) is 0 Å². The van der Waals surface area contributed by atoms with E-state index >= 15 is 0 Å². The molecule has 19 heavy (non-hydrogen) atoms. The Kier molecular flexibility index (Phi) is 3.58. The van der Waals surface area contributed by atoms with Crippen LogP contribution in [0.25, 0.3) is 0 Å². The Morgan fingerprint density at radius 1 is 1.11 bits per heavy atom. The van der Waals surface area contributed by atoms with E-state index in [2.05, 4.69) is 23.2 Å². The maximum atomic E-state index is 9.44. The minimum atomic E-state index is -0.501. The van der Waals surface area contributed by atoms with Gasteiger partial charge in [-0.1, -0.05) is 17.8 Å². The minimum absolute atomic E-state index is 0.501. The van der Waals surface area contributed by atoms with Crippen molar-refractivity contribution >= 4 is 11.8 Å². The monoisotopic (exact) mass is 271 g/mol. The molecule has 3 rings (SSSR count). The van der Waals surface area contributed by atoms with E-state index < -0.39 is 6.10 Å². The molecule has 0 aliphatic heterocycles. The lowest BCUT2D eigenvalue weighted by atomic mass is 10.1. The first-order chi connectivity index (χ1) is 9.22. The van der Waals surface area contributed by atoms with Crippen LogP contribution >= 0.6 is 11.8 Å². The van der Waals surface area contributed by atoms with Crippen molar-refractivity contribution in [2.24, 2.45) is 0 Å². The Hall–Kier alpha value is -1.32. The Bertz CT molecular complexity index is 578. The van der Waals surface area contributed by atoms with Gasteiger partial charge in [0.25, 0.3) is 0 Å². The lowest BCUT2D eigenvalue weighted by Gasteiger charge is -2.06. The van der Waals surface area contributed by atoms with Crippen molar-refractivity contribution in [3.8, 4) is 0 Å². The molecule has 3 heteroatoms. The Morgan fingerprint density at radius 2 is 1.89 bits per heavy atom. The van der Waals surface area contributed by atoms with E-state index in [9.17, 15) is 5.11 Å². The van der Waals surface area contributed by atoms with E-state index in [-0.39, 0.29) is 0 Å². The van der Waals surface area contributed by atoms with Crippen LogP contribution in [0.1, 0.15) is 36.3 Å². The van der Waals surface area contributed by atoms with E-state index in [1.54, 1.807) is 18.7 Å². The number of nitrogens with zero attached hydrogens (tertiary/aromatic N) is 1. The number of benzene rings is 1. The predicted octanol–water partition coefficient (Wildman–Crippen LogP) is 3.77. The second kappa shape index (κ2) is 5.35. The van der Waals surface area contributed by atoms with E-state index in [0.717, 1.165) is 10.6 Å². The highest BCUT2D eigenvalue weighted by Crippen LogP contribution is 2.31. The van der Waals surface area contributed by atoms with Crippen LogP contribution in [0.15, 0.2) is 46.3 Å². The normalized spacial score (nSPS) is 15.3. The summed E-state index contributed by atoms with van der Waals surface area (Å²) in [5.41, 5.74) is 3.73. The van der Waals surface area contributed by atoms with Crippen molar-refractivity contribution in [1.82, 2.24) is 4.98 Å². The number of pyridine rings is 1. The molecule has 1 aromatic carbocycles. The molecule has 0 radical (unpaired) electrons. The fourth-order valence-electron chi connectivity index (χ4n) is 2.45. The smallest absolute Gasteiger partial charge is 0.0931 e. The Labute approximate surface area is 117 Å². The molecule has 98 valence electrons.